The van der Waals surface area contributed by atoms with E-state index in [1.54, 1.807) is 0 Å². The fraction of sp³-hybridized carbons (Fsp3) is 0.556. The van der Waals surface area contributed by atoms with Crippen LogP contribution in [0.3, 0.4) is 0 Å². The summed E-state index contributed by atoms with van der Waals surface area (Å²) in [6.07, 6.45) is 3.63. The van der Waals surface area contributed by atoms with Gasteiger partial charge in [-0.15, -0.1) is 0 Å². The predicted molar refractivity (Wildman–Crippen MR) is 84.6 cm³/mol. The number of carbonyl (C=O) groups excluding carboxylic acids is 2. The standard InChI is InChI=1S/C18H25NO2/c1-3-5-14-6-8-16(9-7-14)18(21)13-19-11-10-17(20)15(4-2)12-19/h6-9,15H,3-5,10-13H2,1-2H3. The largest absolute Gasteiger partial charge is 0.299 e. The van der Waals surface area contributed by atoms with Crippen molar-refractivity contribution in [1.82, 2.24) is 4.90 Å². The van der Waals surface area contributed by atoms with Gasteiger partial charge in [0.15, 0.2) is 5.78 Å². The highest BCUT2D eigenvalue weighted by atomic mass is 16.1. The monoisotopic (exact) mass is 287 g/mol. The second-order valence-electron chi connectivity index (χ2n) is 5.93. The molecule has 1 aromatic rings. The number of likely N-dealkylation sites (tertiary alicyclic amines) is 1. The van der Waals surface area contributed by atoms with Crippen LogP contribution in [0.25, 0.3) is 0 Å². The summed E-state index contributed by atoms with van der Waals surface area (Å²) in [5, 5.41) is 0. The molecule has 0 bridgehead atoms. The van der Waals surface area contributed by atoms with E-state index in [4.69, 9.17) is 0 Å². The van der Waals surface area contributed by atoms with E-state index in [9.17, 15) is 9.59 Å². The number of rotatable bonds is 6. The highest BCUT2D eigenvalue weighted by Gasteiger charge is 2.26. The molecule has 0 amide bonds. The van der Waals surface area contributed by atoms with Crippen molar-refractivity contribution in [2.45, 2.75) is 39.5 Å². The topological polar surface area (TPSA) is 37.4 Å². The number of aryl methyl sites for hydroxylation is 1. The highest BCUT2D eigenvalue weighted by molar-refractivity contribution is 5.97. The molecule has 1 fully saturated rings. The lowest BCUT2D eigenvalue weighted by atomic mass is 9.93. The molecule has 1 aliphatic rings. The predicted octanol–water partition coefficient (Wildman–Crippen LogP) is 3.12. The molecule has 0 aromatic heterocycles. The molecule has 0 aliphatic carbocycles. The van der Waals surface area contributed by atoms with Crippen molar-refractivity contribution >= 4 is 11.6 Å². The van der Waals surface area contributed by atoms with Crippen molar-refractivity contribution in [3.05, 3.63) is 35.4 Å². The summed E-state index contributed by atoms with van der Waals surface area (Å²) in [6, 6.07) is 7.95. The van der Waals surface area contributed by atoms with Crippen LogP contribution in [0, 0.1) is 5.92 Å². The lowest BCUT2D eigenvalue weighted by Crippen LogP contribution is -2.42. The lowest BCUT2D eigenvalue weighted by Gasteiger charge is -2.30. The second-order valence-corrected chi connectivity index (χ2v) is 5.93. The number of Topliss-reactive ketones (excluding diaryl/α,β-unsaturated/α-hetero) is 2. The van der Waals surface area contributed by atoms with Crippen LogP contribution in [0.2, 0.25) is 0 Å². The molecule has 21 heavy (non-hydrogen) atoms. The number of hydrogen-bond acceptors (Lipinski definition) is 3. The normalized spacial score (nSPS) is 19.7. The Balaban J connectivity index is 1.93. The van der Waals surface area contributed by atoms with Crippen LogP contribution in [0.5, 0.6) is 0 Å². The van der Waals surface area contributed by atoms with E-state index in [0.717, 1.165) is 37.9 Å². The van der Waals surface area contributed by atoms with Crippen LogP contribution in [-0.4, -0.2) is 36.1 Å². The fourth-order valence-electron chi connectivity index (χ4n) is 2.92. The third kappa shape index (κ3) is 4.24. The number of benzene rings is 1. The molecule has 1 saturated heterocycles. The second kappa shape index (κ2) is 7.51. The van der Waals surface area contributed by atoms with Gasteiger partial charge >= 0.3 is 0 Å². The number of carbonyl (C=O) groups is 2. The van der Waals surface area contributed by atoms with E-state index in [1.807, 2.05) is 31.2 Å². The van der Waals surface area contributed by atoms with Gasteiger partial charge in [0.25, 0.3) is 0 Å². The molecule has 1 heterocycles. The summed E-state index contributed by atoms with van der Waals surface area (Å²) >= 11 is 0. The van der Waals surface area contributed by atoms with Crippen LogP contribution in [0.4, 0.5) is 0 Å². The Labute approximate surface area is 127 Å². The maximum Gasteiger partial charge on any atom is 0.176 e. The molecule has 1 aromatic carbocycles. The molecule has 3 nitrogen and oxygen atoms in total. The summed E-state index contributed by atoms with van der Waals surface area (Å²) in [4.78, 5) is 26.2. The molecule has 0 saturated carbocycles. The van der Waals surface area contributed by atoms with Gasteiger partial charge in [0.2, 0.25) is 0 Å². The molecule has 0 N–H and O–H groups in total. The van der Waals surface area contributed by atoms with Gasteiger partial charge in [0.05, 0.1) is 6.54 Å². The summed E-state index contributed by atoms with van der Waals surface area (Å²) < 4.78 is 0. The first kappa shape index (κ1) is 15.9. The van der Waals surface area contributed by atoms with E-state index in [-0.39, 0.29) is 11.7 Å². The Kier molecular flexibility index (Phi) is 5.68. The van der Waals surface area contributed by atoms with Gasteiger partial charge in [-0.2, -0.15) is 0 Å². The molecule has 0 radical (unpaired) electrons. The first-order valence-electron chi connectivity index (χ1n) is 8.01. The Morgan fingerprint density at radius 2 is 1.95 bits per heavy atom. The molecular weight excluding hydrogens is 262 g/mol. The van der Waals surface area contributed by atoms with E-state index in [2.05, 4.69) is 11.8 Å². The lowest BCUT2D eigenvalue weighted by molar-refractivity contribution is -0.126. The van der Waals surface area contributed by atoms with Gasteiger partial charge in [0, 0.05) is 31.0 Å². The van der Waals surface area contributed by atoms with Crippen LogP contribution >= 0.6 is 0 Å². The van der Waals surface area contributed by atoms with Crippen LogP contribution in [0.1, 0.15) is 49.0 Å². The number of hydrogen-bond donors (Lipinski definition) is 0. The van der Waals surface area contributed by atoms with Crippen molar-refractivity contribution in [3.8, 4) is 0 Å². The molecule has 2 rings (SSSR count). The summed E-state index contributed by atoms with van der Waals surface area (Å²) in [6.45, 7) is 6.07. The quantitative estimate of drug-likeness (QED) is 0.754. The number of ketones is 2. The van der Waals surface area contributed by atoms with Crippen LogP contribution in [0.15, 0.2) is 24.3 Å². The van der Waals surface area contributed by atoms with Crippen molar-refractivity contribution in [2.24, 2.45) is 5.92 Å². The van der Waals surface area contributed by atoms with Gasteiger partial charge < -0.3 is 0 Å². The third-order valence-electron chi connectivity index (χ3n) is 4.28. The van der Waals surface area contributed by atoms with Gasteiger partial charge in [-0.1, -0.05) is 44.5 Å². The fourth-order valence-corrected chi connectivity index (χ4v) is 2.92. The molecule has 3 heteroatoms. The highest BCUT2D eigenvalue weighted by Crippen LogP contribution is 2.16. The molecule has 1 aliphatic heterocycles. The Morgan fingerprint density at radius 1 is 1.24 bits per heavy atom. The van der Waals surface area contributed by atoms with Crippen LogP contribution < -0.4 is 0 Å². The zero-order chi connectivity index (χ0) is 15.2. The zero-order valence-corrected chi connectivity index (χ0v) is 13.1. The molecule has 1 atom stereocenters. The molecule has 114 valence electrons. The van der Waals surface area contributed by atoms with Gasteiger partial charge in [-0.3, -0.25) is 14.5 Å². The minimum Gasteiger partial charge on any atom is -0.299 e. The van der Waals surface area contributed by atoms with E-state index in [1.165, 1.54) is 5.56 Å². The van der Waals surface area contributed by atoms with Crippen molar-refractivity contribution in [1.29, 1.82) is 0 Å². The van der Waals surface area contributed by atoms with Crippen molar-refractivity contribution < 1.29 is 9.59 Å². The average molecular weight is 287 g/mol. The summed E-state index contributed by atoms with van der Waals surface area (Å²) in [5.74, 6) is 0.617. The Hall–Kier alpha value is -1.48. The Morgan fingerprint density at radius 3 is 2.57 bits per heavy atom. The molecule has 0 spiro atoms. The minimum absolute atomic E-state index is 0.110. The number of nitrogens with zero attached hydrogens (tertiary/aromatic N) is 1. The maximum atomic E-state index is 12.3. The Bertz CT molecular complexity index is 492. The van der Waals surface area contributed by atoms with E-state index in [0.29, 0.717) is 18.7 Å². The molecule has 1 unspecified atom stereocenters. The number of piperidine rings is 1. The maximum absolute atomic E-state index is 12.3. The van der Waals surface area contributed by atoms with E-state index < -0.39 is 0 Å². The van der Waals surface area contributed by atoms with Crippen molar-refractivity contribution in [3.63, 3.8) is 0 Å². The first-order chi connectivity index (χ1) is 10.1. The molecular formula is C18H25NO2. The van der Waals surface area contributed by atoms with Gasteiger partial charge in [0.1, 0.15) is 5.78 Å². The van der Waals surface area contributed by atoms with Crippen LogP contribution in [-0.2, 0) is 11.2 Å². The van der Waals surface area contributed by atoms with Gasteiger partial charge in [-0.25, -0.2) is 0 Å². The zero-order valence-electron chi connectivity index (χ0n) is 13.1. The summed E-state index contributed by atoms with van der Waals surface area (Å²) in [7, 11) is 0. The summed E-state index contributed by atoms with van der Waals surface area (Å²) in [5.41, 5.74) is 2.06. The minimum atomic E-state index is 0.110. The third-order valence-corrected chi connectivity index (χ3v) is 4.28. The van der Waals surface area contributed by atoms with Crippen molar-refractivity contribution in [2.75, 3.05) is 19.6 Å². The first-order valence-corrected chi connectivity index (χ1v) is 8.01. The SMILES string of the molecule is CCCc1ccc(C(=O)CN2CCC(=O)C(CC)C2)cc1. The van der Waals surface area contributed by atoms with Gasteiger partial charge in [-0.05, 0) is 18.4 Å². The smallest absolute Gasteiger partial charge is 0.176 e. The van der Waals surface area contributed by atoms with E-state index >= 15 is 0 Å². The average Bonchev–Trinajstić information content (AvgIpc) is 2.50.